The second kappa shape index (κ2) is 5.68. The summed E-state index contributed by atoms with van der Waals surface area (Å²) in [6.45, 7) is 2.08. The Kier molecular flexibility index (Phi) is 4.15. The van der Waals surface area contributed by atoms with Crippen molar-refractivity contribution in [1.82, 2.24) is 5.32 Å². The first-order chi connectivity index (χ1) is 9.47. The molecule has 0 aromatic heterocycles. The number of ether oxygens (including phenoxy) is 2. The molecule has 6 nitrogen and oxygen atoms in total. The number of hydrogen-bond donors (Lipinski definition) is 2. The molecular formula is C13H15ClN2O4. The molecular weight excluding hydrogens is 284 g/mol. The average Bonchev–Trinajstić information content (AvgIpc) is 2.40. The first-order valence-corrected chi connectivity index (χ1v) is 6.42. The summed E-state index contributed by atoms with van der Waals surface area (Å²) < 4.78 is 10.4. The quantitative estimate of drug-likeness (QED) is 0.647. The molecule has 0 bridgehead atoms. The highest BCUT2D eigenvalue weighted by Gasteiger charge is 2.47. The van der Waals surface area contributed by atoms with Crippen LogP contribution in [0.2, 0.25) is 5.02 Å². The Balaban J connectivity index is 2.18. The van der Waals surface area contributed by atoms with Gasteiger partial charge in [0.25, 0.3) is 17.4 Å². The summed E-state index contributed by atoms with van der Waals surface area (Å²) in [5.41, 5.74) is -1.17. The zero-order valence-corrected chi connectivity index (χ0v) is 11.9. The molecule has 1 heterocycles. The van der Waals surface area contributed by atoms with Crippen LogP contribution >= 0.6 is 11.6 Å². The highest BCUT2D eigenvalue weighted by Crippen LogP contribution is 2.35. The third kappa shape index (κ3) is 2.71. The van der Waals surface area contributed by atoms with Crippen molar-refractivity contribution in [3.8, 4) is 5.75 Å². The standard InChI is InChI=1S/C13H15ClN2O4/c1-13(11(17)15-5-6-19-2)12(18)16-9-7-8(14)3-4-10(9)20-13/h3-4,7H,5-6H2,1-2H3,(H,15,17)(H,16,18). The Morgan fingerprint density at radius 3 is 3.00 bits per heavy atom. The van der Waals surface area contributed by atoms with Crippen LogP contribution in [0.4, 0.5) is 5.69 Å². The Bertz CT molecular complexity index is 549. The predicted octanol–water partition coefficient (Wildman–Crippen LogP) is 1.19. The first kappa shape index (κ1) is 14.6. The molecule has 1 aliphatic heterocycles. The van der Waals surface area contributed by atoms with Crippen molar-refractivity contribution in [3.05, 3.63) is 23.2 Å². The van der Waals surface area contributed by atoms with E-state index in [4.69, 9.17) is 21.1 Å². The van der Waals surface area contributed by atoms with Crippen LogP contribution in [-0.2, 0) is 14.3 Å². The van der Waals surface area contributed by atoms with Gasteiger partial charge in [0.2, 0.25) is 0 Å². The van der Waals surface area contributed by atoms with E-state index in [-0.39, 0.29) is 0 Å². The molecule has 2 amide bonds. The van der Waals surface area contributed by atoms with Gasteiger partial charge in [0.1, 0.15) is 5.75 Å². The number of carbonyl (C=O) groups is 2. The molecule has 0 fully saturated rings. The third-order valence-corrected chi connectivity index (χ3v) is 3.20. The number of rotatable bonds is 4. The highest BCUT2D eigenvalue weighted by atomic mass is 35.5. The summed E-state index contributed by atoms with van der Waals surface area (Å²) in [6, 6.07) is 4.80. The SMILES string of the molecule is COCCNC(=O)C1(C)Oc2ccc(Cl)cc2NC1=O. The number of methoxy groups -OCH3 is 1. The number of hydrogen-bond acceptors (Lipinski definition) is 4. The van der Waals surface area contributed by atoms with Crippen LogP contribution in [-0.4, -0.2) is 37.7 Å². The minimum Gasteiger partial charge on any atom is -0.466 e. The van der Waals surface area contributed by atoms with Gasteiger partial charge in [-0.05, 0) is 25.1 Å². The number of anilines is 1. The van der Waals surface area contributed by atoms with Gasteiger partial charge in [0.15, 0.2) is 0 Å². The van der Waals surface area contributed by atoms with E-state index in [0.29, 0.717) is 29.6 Å². The number of benzene rings is 1. The molecule has 1 atom stereocenters. The second-order valence-corrected chi connectivity index (χ2v) is 4.92. The Morgan fingerprint density at radius 1 is 1.55 bits per heavy atom. The molecule has 2 N–H and O–H groups in total. The van der Waals surface area contributed by atoms with Gasteiger partial charge in [-0.2, -0.15) is 0 Å². The predicted molar refractivity (Wildman–Crippen MR) is 74.0 cm³/mol. The van der Waals surface area contributed by atoms with Gasteiger partial charge in [-0.25, -0.2) is 0 Å². The van der Waals surface area contributed by atoms with E-state index in [0.717, 1.165) is 0 Å². The lowest BCUT2D eigenvalue weighted by atomic mass is 10.0. The van der Waals surface area contributed by atoms with Crippen LogP contribution in [0.1, 0.15) is 6.92 Å². The Morgan fingerprint density at radius 2 is 2.30 bits per heavy atom. The number of amides is 2. The Hall–Kier alpha value is -1.79. The fourth-order valence-electron chi connectivity index (χ4n) is 1.78. The van der Waals surface area contributed by atoms with Crippen molar-refractivity contribution >= 4 is 29.1 Å². The molecule has 0 radical (unpaired) electrons. The number of carbonyl (C=O) groups excluding carboxylic acids is 2. The number of nitrogens with one attached hydrogen (secondary N) is 2. The van der Waals surface area contributed by atoms with Gasteiger partial charge in [-0.3, -0.25) is 9.59 Å². The molecule has 1 aliphatic rings. The molecule has 2 rings (SSSR count). The first-order valence-electron chi connectivity index (χ1n) is 6.04. The van der Waals surface area contributed by atoms with Crippen LogP contribution in [0.3, 0.4) is 0 Å². The van der Waals surface area contributed by atoms with Gasteiger partial charge in [0, 0.05) is 18.7 Å². The maximum atomic E-state index is 12.1. The van der Waals surface area contributed by atoms with Crippen molar-refractivity contribution in [3.63, 3.8) is 0 Å². The Labute approximate surface area is 121 Å². The van der Waals surface area contributed by atoms with Gasteiger partial charge in [-0.15, -0.1) is 0 Å². The van der Waals surface area contributed by atoms with E-state index in [9.17, 15) is 9.59 Å². The van der Waals surface area contributed by atoms with Crippen LogP contribution in [0, 0.1) is 0 Å². The van der Waals surface area contributed by atoms with E-state index in [1.54, 1.807) is 18.2 Å². The lowest BCUT2D eigenvalue weighted by molar-refractivity contribution is -0.146. The summed E-state index contributed by atoms with van der Waals surface area (Å²) in [7, 11) is 1.53. The smallest absolute Gasteiger partial charge is 0.278 e. The lowest BCUT2D eigenvalue weighted by Crippen LogP contribution is -2.59. The molecule has 20 heavy (non-hydrogen) atoms. The van der Waals surface area contributed by atoms with E-state index < -0.39 is 17.4 Å². The van der Waals surface area contributed by atoms with Crippen molar-refractivity contribution < 1.29 is 19.1 Å². The molecule has 1 aromatic rings. The molecule has 1 aromatic carbocycles. The van der Waals surface area contributed by atoms with Crippen molar-refractivity contribution in [1.29, 1.82) is 0 Å². The minimum atomic E-state index is -1.62. The van der Waals surface area contributed by atoms with E-state index >= 15 is 0 Å². The molecule has 0 aliphatic carbocycles. The number of fused-ring (bicyclic) bond motifs is 1. The van der Waals surface area contributed by atoms with Gasteiger partial charge in [-0.1, -0.05) is 11.6 Å². The van der Waals surface area contributed by atoms with Gasteiger partial charge in [0.05, 0.1) is 12.3 Å². The monoisotopic (exact) mass is 298 g/mol. The fourth-order valence-corrected chi connectivity index (χ4v) is 1.95. The van der Waals surface area contributed by atoms with Crippen molar-refractivity contribution in [2.75, 3.05) is 25.6 Å². The summed E-state index contributed by atoms with van der Waals surface area (Å²) in [6.07, 6.45) is 0. The van der Waals surface area contributed by atoms with E-state index in [1.807, 2.05) is 0 Å². The van der Waals surface area contributed by atoms with Crippen molar-refractivity contribution in [2.24, 2.45) is 0 Å². The van der Waals surface area contributed by atoms with Gasteiger partial charge >= 0.3 is 0 Å². The minimum absolute atomic E-state index is 0.301. The van der Waals surface area contributed by atoms with Gasteiger partial charge < -0.3 is 20.1 Å². The normalized spacial score (nSPS) is 20.6. The maximum absolute atomic E-state index is 12.1. The van der Waals surface area contributed by atoms with Crippen LogP contribution in [0.15, 0.2) is 18.2 Å². The van der Waals surface area contributed by atoms with Crippen LogP contribution < -0.4 is 15.4 Å². The molecule has 0 spiro atoms. The summed E-state index contributed by atoms with van der Waals surface area (Å²) in [5, 5.41) is 5.69. The van der Waals surface area contributed by atoms with E-state index in [2.05, 4.69) is 10.6 Å². The zero-order valence-electron chi connectivity index (χ0n) is 11.2. The molecule has 108 valence electrons. The molecule has 1 unspecified atom stereocenters. The van der Waals surface area contributed by atoms with Crippen LogP contribution in [0.5, 0.6) is 5.75 Å². The topological polar surface area (TPSA) is 76.7 Å². The molecule has 7 heteroatoms. The second-order valence-electron chi connectivity index (χ2n) is 4.48. The average molecular weight is 299 g/mol. The molecule has 0 saturated heterocycles. The van der Waals surface area contributed by atoms with E-state index in [1.165, 1.54) is 14.0 Å². The largest absolute Gasteiger partial charge is 0.466 e. The summed E-state index contributed by atoms with van der Waals surface area (Å²) in [4.78, 5) is 24.2. The summed E-state index contributed by atoms with van der Waals surface area (Å²) in [5.74, 6) is -0.659. The molecule has 0 saturated carbocycles. The summed E-state index contributed by atoms with van der Waals surface area (Å²) >= 11 is 5.84. The fraction of sp³-hybridized carbons (Fsp3) is 0.385. The third-order valence-electron chi connectivity index (χ3n) is 2.96. The maximum Gasteiger partial charge on any atom is 0.278 e. The highest BCUT2D eigenvalue weighted by molar-refractivity contribution is 6.31. The zero-order chi connectivity index (χ0) is 14.8. The lowest BCUT2D eigenvalue weighted by Gasteiger charge is -2.33. The number of halogens is 1. The van der Waals surface area contributed by atoms with Crippen LogP contribution in [0.25, 0.3) is 0 Å². The van der Waals surface area contributed by atoms with Crippen molar-refractivity contribution in [2.45, 2.75) is 12.5 Å².